The highest BCUT2D eigenvalue weighted by atomic mass is 32.1. The first-order chi connectivity index (χ1) is 10.1. The van der Waals surface area contributed by atoms with Crippen molar-refractivity contribution < 1.29 is 9.53 Å². The molecule has 4 nitrogen and oxygen atoms in total. The molecule has 2 rings (SSSR count). The Morgan fingerprint density at radius 2 is 2.14 bits per heavy atom. The number of ether oxygens (including phenoxy) is 1. The normalized spacial score (nSPS) is 18.0. The molecule has 1 fully saturated rings. The molecule has 1 aromatic rings. The van der Waals surface area contributed by atoms with E-state index in [1.54, 1.807) is 11.3 Å². The largest absolute Gasteiger partial charge is 0.449 e. The summed E-state index contributed by atoms with van der Waals surface area (Å²) in [5.41, 5.74) is 0.0639. The van der Waals surface area contributed by atoms with Crippen LogP contribution in [0.5, 0.6) is 0 Å². The summed E-state index contributed by atoms with van der Waals surface area (Å²) in [7, 11) is 4.27. The maximum Gasteiger partial charge on any atom is 0.409 e. The Balaban J connectivity index is 1.96. The number of hydrogen-bond donors (Lipinski definition) is 0. The molecule has 0 radical (unpaired) electrons. The van der Waals surface area contributed by atoms with Crippen LogP contribution in [0.4, 0.5) is 4.79 Å². The highest BCUT2D eigenvalue weighted by molar-refractivity contribution is 7.10. The lowest BCUT2D eigenvalue weighted by Gasteiger charge is -2.45. The molecular formula is C16H26N2O2S. The molecule has 1 aliphatic rings. The van der Waals surface area contributed by atoms with Gasteiger partial charge in [0.05, 0.1) is 12.1 Å². The molecular weight excluding hydrogens is 284 g/mol. The first-order valence-corrected chi connectivity index (χ1v) is 8.61. The van der Waals surface area contributed by atoms with Gasteiger partial charge in [0.1, 0.15) is 0 Å². The zero-order valence-electron chi connectivity index (χ0n) is 13.3. The van der Waals surface area contributed by atoms with Crippen molar-refractivity contribution in [1.29, 1.82) is 0 Å². The molecule has 0 unspecified atom stereocenters. The van der Waals surface area contributed by atoms with Gasteiger partial charge in [-0.1, -0.05) is 19.4 Å². The molecule has 1 aliphatic heterocycles. The SMILES string of the molecule is CCCCOC(=O)N1CCC(c2cccs2)(N(C)C)CC1. The second-order valence-corrected chi connectivity index (χ2v) is 6.81. The summed E-state index contributed by atoms with van der Waals surface area (Å²) in [4.78, 5) is 17.6. The Hall–Kier alpha value is -1.07. The number of hydrogen-bond acceptors (Lipinski definition) is 4. The van der Waals surface area contributed by atoms with Crippen LogP contribution < -0.4 is 0 Å². The molecule has 0 spiro atoms. The summed E-state index contributed by atoms with van der Waals surface area (Å²) in [5, 5.41) is 2.13. The van der Waals surface area contributed by atoms with E-state index >= 15 is 0 Å². The molecule has 1 aromatic heterocycles. The maximum absolute atomic E-state index is 12.0. The fourth-order valence-electron chi connectivity index (χ4n) is 2.91. The number of rotatable bonds is 5. The smallest absolute Gasteiger partial charge is 0.409 e. The molecule has 0 aromatic carbocycles. The molecule has 0 aliphatic carbocycles. The predicted octanol–water partition coefficient (Wildman–Crippen LogP) is 3.54. The van der Waals surface area contributed by atoms with Crippen molar-refractivity contribution in [2.45, 2.75) is 38.1 Å². The third-order valence-electron chi connectivity index (χ3n) is 4.41. The van der Waals surface area contributed by atoms with Crippen LogP contribution in [0.25, 0.3) is 0 Å². The minimum atomic E-state index is -0.151. The Morgan fingerprint density at radius 3 is 2.67 bits per heavy atom. The van der Waals surface area contributed by atoms with Crippen LogP contribution in [0.15, 0.2) is 17.5 Å². The van der Waals surface area contributed by atoms with Crippen LogP contribution in [0.2, 0.25) is 0 Å². The van der Waals surface area contributed by atoms with Gasteiger partial charge in [0.25, 0.3) is 0 Å². The highest BCUT2D eigenvalue weighted by Crippen LogP contribution is 2.39. The van der Waals surface area contributed by atoms with Crippen molar-refractivity contribution in [3.05, 3.63) is 22.4 Å². The maximum atomic E-state index is 12.0. The standard InChI is InChI=1S/C16H26N2O2S/c1-4-5-12-20-15(19)18-10-8-16(9-11-18,17(2)3)14-7-6-13-21-14/h6-7,13H,4-5,8-12H2,1-3H3. The van der Waals surface area contributed by atoms with Gasteiger partial charge in [-0.15, -0.1) is 11.3 Å². The van der Waals surface area contributed by atoms with Gasteiger partial charge in [0, 0.05) is 18.0 Å². The van der Waals surface area contributed by atoms with Crippen LogP contribution in [-0.2, 0) is 10.3 Å². The Labute approximate surface area is 131 Å². The average Bonchev–Trinajstić information content (AvgIpc) is 3.02. The molecule has 1 amide bonds. The number of carbonyl (C=O) groups is 1. The van der Waals surface area contributed by atoms with Crippen molar-refractivity contribution >= 4 is 17.4 Å². The zero-order chi connectivity index (χ0) is 15.3. The molecule has 118 valence electrons. The summed E-state index contributed by atoms with van der Waals surface area (Å²) < 4.78 is 5.32. The van der Waals surface area contributed by atoms with Crippen LogP contribution in [0.1, 0.15) is 37.5 Å². The van der Waals surface area contributed by atoms with Crippen LogP contribution in [0, 0.1) is 0 Å². The van der Waals surface area contributed by atoms with E-state index in [1.165, 1.54) is 4.88 Å². The number of nitrogens with zero attached hydrogens (tertiary/aromatic N) is 2. The Bertz CT molecular complexity index is 437. The summed E-state index contributed by atoms with van der Waals surface area (Å²) in [6.45, 7) is 4.17. The minimum absolute atomic E-state index is 0.0639. The van der Waals surface area contributed by atoms with Gasteiger partial charge < -0.3 is 9.64 Å². The van der Waals surface area contributed by atoms with Gasteiger partial charge in [-0.2, -0.15) is 0 Å². The molecule has 0 saturated carbocycles. The monoisotopic (exact) mass is 310 g/mol. The van der Waals surface area contributed by atoms with Crippen molar-refractivity contribution in [2.75, 3.05) is 33.8 Å². The van der Waals surface area contributed by atoms with E-state index in [9.17, 15) is 4.79 Å². The lowest BCUT2D eigenvalue weighted by Crippen LogP contribution is -2.51. The van der Waals surface area contributed by atoms with Crippen LogP contribution >= 0.6 is 11.3 Å². The van der Waals surface area contributed by atoms with E-state index in [-0.39, 0.29) is 11.6 Å². The average molecular weight is 310 g/mol. The predicted molar refractivity (Wildman–Crippen MR) is 86.7 cm³/mol. The van der Waals surface area contributed by atoms with E-state index in [2.05, 4.69) is 43.4 Å². The van der Waals surface area contributed by atoms with Gasteiger partial charge in [-0.05, 0) is 44.8 Å². The van der Waals surface area contributed by atoms with Crippen molar-refractivity contribution in [1.82, 2.24) is 9.80 Å². The Kier molecular flexibility index (Phi) is 5.65. The fraction of sp³-hybridized carbons (Fsp3) is 0.688. The molecule has 0 bridgehead atoms. The summed E-state index contributed by atoms with van der Waals surface area (Å²) in [6, 6.07) is 4.32. The van der Waals surface area contributed by atoms with E-state index in [4.69, 9.17) is 4.74 Å². The molecule has 0 N–H and O–H groups in total. The van der Waals surface area contributed by atoms with Gasteiger partial charge in [0.2, 0.25) is 0 Å². The van der Waals surface area contributed by atoms with Gasteiger partial charge in [0.15, 0.2) is 0 Å². The van der Waals surface area contributed by atoms with E-state index in [1.807, 2.05) is 4.90 Å². The van der Waals surface area contributed by atoms with E-state index in [0.29, 0.717) is 6.61 Å². The quantitative estimate of drug-likeness (QED) is 0.780. The molecule has 0 atom stereocenters. The first-order valence-electron chi connectivity index (χ1n) is 7.73. The Morgan fingerprint density at radius 1 is 1.43 bits per heavy atom. The zero-order valence-corrected chi connectivity index (χ0v) is 14.1. The molecule has 1 saturated heterocycles. The van der Waals surface area contributed by atoms with E-state index < -0.39 is 0 Å². The molecule has 5 heteroatoms. The number of piperidine rings is 1. The third kappa shape index (κ3) is 3.58. The highest BCUT2D eigenvalue weighted by Gasteiger charge is 2.40. The first kappa shape index (κ1) is 16.3. The number of likely N-dealkylation sites (tertiary alicyclic amines) is 1. The van der Waals surface area contributed by atoms with Crippen molar-refractivity contribution in [3.63, 3.8) is 0 Å². The number of thiophene rings is 1. The number of carbonyl (C=O) groups excluding carboxylic acids is 1. The lowest BCUT2D eigenvalue weighted by molar-refractivity contribution is 0.0421. The second-order valence-electron chi connectivity index (χ2n) is 5.86. The third-order valence-corrected chi connectivity index (χ3v) is 5.47. The topological polar surface area (TPSA) is 32.8 Å². The van der Waals surface area contributed by atoms with Gasteiger partial charge in [-0.3, -0.25) is 4.90 Å². The van der Waals surface area contributed by atoms with Crippen molar-refractivity contribution in [2.24, 2.45) is 0 Å². The minimum Gasteiger partial charge on any atom is -0.449 e. The molecule has 21 heavy (non-hydrogen) atoms. The summed E-state index contributed by atoms with van der Waals surface area (Å²) in [6.07, 6.45) is 3.76. The van der Waals surface area contributed by atoms with Gasteiger partial charge in [-0.25, -0.2) is 4.79 Å². The van der Waals surface area contributed by atoms with Gasteiger partial charge >= 0.3 is 6.09 Å². The van der Waals surface area contributed by atoms with Crippen molar-refractivity contribution in [3.8, 4) is 0 Å². The number of unbranched alkanes of at least 4 members (excludes halogenated alkanes) is 1. The summed E-state index contributed by atoms with van der Waals surface area (Å²) >= 11 is 1.81. The van der Waals surface area contributed by atoms with Crippen LogP contribution in [-0.4, -0.2) is 49.7 Å². The fourth-order valence-corrected chi connectivity index (χ4v) is 3.98. The molecule has 2 heterocycles. The number of amides is 1. The second kappa shape index (κ2) is 7.27. The van der Waals surface area contributed by atoms with E-state index in [0.717, 1.165) is 38.8 Å². The summed E-state index contributed by atoms with van der Waals surface area (Å²) in [5.74, 6) is 0. The lowest BCUT2D eigenvalue weighted by atomic mass is 9.85. The van der Waals surface area contributed by atoms with Crippen LogP contribution in [0.3, 0.4) is 0 Å².